The fraction of sp³-hybridized carbons (Fsp3) is 0.100. The summed E-state index contributed by atoms with van der Waals surface area (Å²) in [6, 6.07) is 14.9. The van der Waals surface area contributed by atoms with Gasteiger partial charge in [-0.15, -0.1) is 0 Å². The maximum Gasteiger partial charge on any atom is 0.338 e. The number of esters is 1. The summed E-state index contributed by atoms with van der Waals surface area (Å²) in [6.07, 6.45) is 3.45. The third-order valence-corrected chi connectivity index (χ3v) is 3.84. The lowest BCUT2D eigenvalue weighted by Gasteiger charge is -2.08. The molecule has 0 atom stereocenters. The van der Waals surface area contributed by atoms with Gasteiger partial charge in [0.05, 0.1) is 11.3 Å². The minimum atomic E-state index is -0.610. The first kappa shape index (κ1) is 18.8. The zero-order valence-electron chi connectivity index (χ0n) is 15.1. The van der Waals surface area contributed by atoms with Gasteiger partial charge in [-0.05, 0) is 48.5 Å². The number of nitrogens with one attached hydrogen (secondary N) is 2. The number of rotatable bonds is 6. The first-order valence-corrected chi connectivity index (χ1v) is 8.46. The highest BCUT2D eigenvalue weighted by atomic mass is 16.5. The number of benzene rings is 2. The molecule has 0 saturated carbocycles. The van der Waals surface area contributed by atoms with Gasteiger partial charge >= 0.3 is 5.97 Å². The highest BCUT2D eigenvalue weighted by Gasteiger charge is 2.11. The van der Waals surface area contributed by atoms with Crippen molar-refractivity contribution in [3.63, 3.8) is 0 Å². The second-order valence-electron chi connectivity index (χ2n) is 5.78. The Morgan fingerprint density at radius 3 is 2.50 bits per heavy atom. The molecule has 2 amide bonds. The summed E-state index contributed by atoms with van der Waals surface area (Å²) < 4.78 is 6.70. The normalized spacial score (nSPS) is 10.2. The Morgan fingerprint density at radius 2 is 1.82 bits per heavy atom. The van der Waals surface area contributed by atoms with Crippen molar-refractivity contribution in [1.29, 1.82) is 0 Å². The molecule has 0 bridgehead atoms. The summed E-state index contributed by atoms with van der Waals surface area (Å²) in [6.45, 7) is -0.441. The van der Waals surface area contributed by atoms with Gasteiger partial charge in [0.25, 0.3) is 11.8 Å². The van der Waals surface area contributed by atoms with Gasteiger partial charge in [0.1, 0.15) is 0 Å². The van der Waals surface area contributed by atoms with Crippen LogP contribution in [0.2, 0.25) is 0 Å². The van der Waals surface area contributed by atoms with E-state index in [0.717, 1.165) is 5.69 Å². The third kappa shape index (κ3) is 4.61. The number of ether oxygens (including phenoxy) is 1. The van der Waals surface area contributed by atoms with E-state index < -0.39 is 18.5 Å². The number of carbonyl (C=O) groups excluding carboxylic acids is 3. The van der Waals surface area contributed by atoms with Crippen molar-refractivity contribution >= 4 is 23.5 Å². The van der Waals surface area contributed by atoms with Gasteiger partial charge in [0.2, 0.25) is 0 Å². The van der Waals surface area contributed by atoms with Crippen molar-refractivity contribution < 1.29 is 19.1 Å². The van der Waals surface area contributed by atoms with Crippen LogP contribution in [0.3, 0.4) is 0 Å². The molecule has 0 aliphatic rings. The van der Waals surface area contributed by atoms with Gasteiger partial charge in [-0.25, -0.2) is 9.48 Å². The Morgan fingerprint density at radius 1 is 1.04 bits per heavy atom. The fourth-order valence-electron chi connectivity index (χ4n) is 2.47. The molecule has 2 aromatic carbocycles. The molecule has 8 heteroatoms. The Balaban J connectivity index is 1.54. The van der Waals surface area contributed by atoms with E-state index in [-0.39, 0.29) is 5.91 Å². The summed E-state index contributed by atoms with van der Waals surface area (Å²) in [7, 11) is 1.52. The number of hydrogen-bond acceptors (Lipinski definition) is 5. The van der Waals surface area contributed by atoms with Crippen LogP contribution in [0, 0.1) is 0 Å². The summed E-state index contributed by atoms with van der Waals surface area (Å²) in [5.74, 6) is -1.38. The lowest BCUT2D eigenvalue weighted by molar-refractivity contribution is -0.119. The van der Waals surface area contributed by atoms with Crippen molar-refractivity contribution in [1.82, 2.24) is 15.1 Å². The molecule has 0 radical (unpaired) electrons. The topological polar surface area (TPSA) is 102 Å². The first-order chi connectivity index (χ1) is 13.6. The van der Waals surface area contributed by atoms with Crippen LogP contribution in [0.1, 0.15) is 20.7 Å². The van der Waals surface area contributed by atoms with Crippen molar-refractivity contribution in [2.45, 2.75) is 0 Å². The van der Waals surface area contributed by atoms with E-state index in [1.54, 1.807) is 65.6 Å². The molecule has 0 unspecified atom stereocenters. The van der Waals surface area contributed by atoms with Crippen LogP contribution >= 0.6 is 0 Å². The lowest BCUT2D eigenvalue weighted by atomic mass is 10.2. The Kier molecular flexibility index (Phi) is 5.81. The molecule has 1 aromatic heterocycles. The molecule has 0 aliphatic heterocycles. The number of carbonyl (C=O) groups is 3. The predicted molar refractivity (Wildman–Crippen MR) is 102 cm³/mol. The number of aromatic nitrogens is 2. The Hall–Kier alpha value is -3.94. The number of hydrogen-bond donors (Lipinski definition) is 2. The van der Waals surface area contributed by atoms with Crippen molar-refractivity contribution in [3.05, 3.63) is 78.1 Å². The van der Waals surface area contributed by atoms with Crippen molar-refractivity contribution in [2.24, 2.45) is 0 Å². The van der Waals surface area contributed by atoms with Crippen LogP contribution < -0.4 is 10.6 Å². The van der Waals surface area contributed by atoms with E-state index in [1.165, 1.54) is 13.1 Å². The summed E-state index contributed by atoms with van der Waals surface area (Å²) >= 11 is 0. The molecule has 1 heterocycles. The molecule has 0 aliphatic carbocycles. The highest BCUT2D eigenvalue weighted by Crippen LogP contribution is 2.12. The monoisotopic (exact) mass is 378 g/mol. The van der Waals surface area contributed by atoms with E-state index in [1.807, 2.05) is 0 Å². The van der Waals surface area contributed by atoms with Gasteiger partial charge in [-0.1, -0.05) is 6.07 Å². The maximum atomic E-state index is 12.1. The molecule has 0 fully saturated rings. The average molecular weight is 378 g/mol. The quantitative estimate of drug-likeness (QED) is 0.639. The van der Waals surface area contributed by atoms with Gasteiger partial charge in [0.15, 0.2) is 6.61 Å². The number of amides is 2. The number of nitrogens with zero attached hydrogens (tertiary/aromatic N) is 2. The van der Waals surface area contributed by atoms with E-state index in [2.05, 4.69) is 15.7 Å². The zero-order chi connectivity index (χ0) is 19.9. The minimum Gasteiger partial charge on any atom is -0.452 e. The molecule has 3 aromatic rings. The molecule has 3 rings (SSSR count). The Labute approximate surface area is 161 Å². The lowest BCUT2D eigenvalue weighted by Crippen LogP contribution is -2.22. The van der Waals surface area contributed by atoms with Gasteiger partial charge < -0.3 is 15.4 Å². The number of anilines is 1. The van der Waals surface area contributed by atoms with Crippen LogP contribution in [-0.4, -0.2) is 41.2 Å². The SMILES string of the molecule is CNC(=O)c1cccc(NC(=O)COC(=O)c2ccc(-n3cccn3)cc2)c1. The predicted octanol–water partition coefficient (Wildman–Crippen LogP) is 2.03. The molecule has 0 saturated heterocycles. The summed E-state index contributed by atoms with van der Waals surface area (Å²) in [5.41, 5.74) is 1.97. The highest BCUT2D eigenvalue weighted by molar-refractivity contribution is 5.98. The standard InChI is InChI=1S/C20H18N4O4/c1-21-19(26)15-4-2-5-16(12-15)23-18(25)13-28-20(27)14-6-8-17(9-7-14)24-11-3-10-22-24/h2-12H,13H2,1H3,(H,21,26)(H,23,25). The van der Waals surface area contributed by atoms with Gasteiger partial charge in [0, 0.05) is 30.7 Å². The molecular formula is C20H18N4O4. The maximum absolute atomic E-state index is 12.1. The first-order valence-electron chi connectivity index (χ1n) is 8.46. The van der Waals surface area contributed by atoms with Gasteiger partial charge in [-0.3, -0.25) is 9.59 Å². The van der Waals surface area contributed by atoms with E-state index in [9.17, 15) is 14.4 Å². The minimum absolute atomic E-state index is 0.263. The summed E-state index contributed by atoms with van der Waals surface area (Å²) in [5, 5.41) is 9.20. The molecule has 8 nitrogen and oxygen atoms in total. The second-order valence-corrected chi connectivity index (χ2v) is 5.78. The van der Waals surface area contributed by atoms with Gasteiger partial charge in [-0.2, -0.15) is 5.10 Å². The fourth-order valence-corrected chi connectivity index (χ4v) is 2.47. The molecule has 28 heavy (non-hydrogen) atoms. The van der Waals surface area contributed by atoms with E-state index >= 15 is 0 Å². The van der Waals surface area contributed by atoms with Crippen LogP contribution in [-0.2, 0) is 9.53 Å². The third-order valence-electron chi connectivity index (χ3n) is 3.84. The zero-order valence-corrected chi connectivity index (χ0v) is 15.1. The van der Waals surface area contributed by atoms with Crippen LogP contribution in [0.25, 0.3) is 5.69 Å². The average Bonchev–Trinajstić information content (AvgIpc) is 3.26. The molecular weight excluding hydrogens is 360 g/mol. The van der Waals surface area contributed by atoms with Crippen molar-refractivity contribution in [3.8, 4) is 5.69 Å². The van der Waals surface area contributed by atoms with Crippen LogP contribution in [0.4, 0.5) is 5.69 Å². The Bertz CT molecular complexity index is 982. The second kappa shape index (κ2) is 8.63. The smallest absolute Gasteiger partial charge is 0.338 e. The molecule has 2 N–H and O–H groups in total. The largest absolute Gasteiger partial charge is 0.452 e. The van der Waals surface area contributed by atoms with E-state index in [0.29, 0.717) is 16.8 Å². The molecule has 142 valence electrons. The molecule has 0 spiro atoms. The van der Waals surface area contributed by atoms with Crippen molar-refractivity contribution in [2.75, 3.05) is 19.0 Å². The van der Waals surface area contributed by atoms with E-state index in [4.69, 9.17) is 4.74 Å². The summed E-state index contributed by atoms with van der Waals surface area (Å²) in [4.78, 5) is 35.7. The van der Waals surface area contributed by atoms with Crippen LogP contribution in [0.5, 0.6) is 0 Å². The van der Waals surface area contributed by atoms with Crippen LogP contribution in [0.15, 0.2) is 67.0 Å².